The first-order valence-corrected chi connectivity index (χ1v) is 5.31. The summed E-state index contributed by atoms with van der Waals surface area (Å²) in [4.78, 5) is 0. The molecule has 0 aliphatic heterocycles. The van der Waals surface area contributed by atoms with Gasteiger partial charge in [0.15, 0.2) is 0 Å². The molecule has 0 spiro atoms. The summed E-state index contributed by atoms with van der Waals surface area (Å²) in [5.74, 6) is 0. The molecule has 64 valence electrons. The van der Waals surface area contributed by atoms with Crippen LogP contribution in [0.1, 0.15) is 12.8 Å². The van der Waals surface area contributed by atoms with Crippen LogP contribution >= 0.6 is 31.9 Å². The average Bonchev–Trinajstić information content (AvgIpc) is 1.93. The van der Waals surface area contributed by atoms with Gasteiger partial charge in [-0.1, -0.05) is 31.9 Å². The molecule has 0 unspecified atom stereocenters. The fourth-order valence-corrected chi connectivity index (χ4v) is 0.525. The highest BCUT2D eigenvalue weighted by atomic mass is 79.9. The summed E-state index contributed by atoms with van der Waals surface area (Å²) >= 11 is 6.14. The second kappa shape index (κ2) is 16.4. The minimum atomic E-state index is -0.203. The van der Waals surface area contributed by atoms with Crippen LogP contribution in [0.3, 0.4) is 0 Å². The molecule has 0 nitrogen and oxygen atoms in total. The monoisotopic (exact) mass is 280 g/mol. The second-order valence-corrected chi connectivity index (χ2v) is 3.05. The van der Waals surface area contributed by atoms with Crippen LogP contribution in [-0.2, 0) is 0 Å². The van der Waals surface area contributed by atoms with Crippen LogP contribution in [0, 0.1) is 0 Å². The summed E-state index contributed by atoms with van der Waals surface area (Å²) in [6.07, 6.45) is 1.28. The lowest BCUT2D eigenvalue weighted by Crippen LogP contribution is -1.71. The molecule has 0 fully saturated rings. The lowest BCUT2D eigenvalue weighted by molar-refractivity contribution is 0.490. The minimum Gasteiger partial charge on any atom is -0.251 e. The third-order valence-electron chi connectivity index (χ3n) is 0.535. The van der Waals surface area contributed by atoms with Crippen molar-refractivity contribution in [3.63, 3.8) is 0 Å². The van der Waals surface area contributed by atoms with E-state index in [0.29, 0.717) is 12.8 Å². The Morgan fingerprint density at radius 1 is 0.800 bits per heavy atom. The van der Waals surface area contributed by atoms with Crippen LogP contribution in [0.4, 0.5) is 8.78 Å². The molecular formula is C6H12Br2F2. The molecule has 0 rings (SSSR count). The molecule has 0 bridgehead atoms. The summed E-state index contributed by atoms with van der Waals surface area (Å²) in [5, 5.41) is 1.56. The average molecular weight is 282 g/mol. The van der Waals surface area contributed by atoms with Gasteiger partial charge in [0.1, 0.15) is 0 Å². The van der Waals surface area contributed by atoms with Gasteiger partial charge < -0.3 is 0 Å². The number of halogens is 4. The van der Waals surface area contributed by atoms with Crippen LogP contribution in [0.15, 0.2) is 0 Å². The molecule has 0 aromatic rings. The Bertz CT molecular complexity index is 34.7. The summed E-state index contributed by atoms with van der Waals surface area (Å²) in [7, 11) is 0. The molecule has 0 N–H and O–H groups in total. The molecule has 0 aliphatic carbocycles. The minimum absolute atomic E-state index is 0.203. The van der Waals surface area contributed by atoms with Gasteiger partial charge in [0.25, 0.3) is 0 Å². The molecule has 0 atom stereocenters. The van der Waals surface area contributed by atoms with Crippen molar-refractivity contribution >= 4 is 31.9 Å². The summed E-state index contributed by atoms with van der Waals surface area (Å²) in [5.41, 5.74) is 0. The van der Waals surface area contributed by atoms with E-state index in [0.717, 1.165) is 10.7 Å². The first kappa shape index (κ1) is 13.4. The van der Waals surface area contributed by atoms with E-state index < -0.39 is 0 Å². The van der Waals surface area contributed by atoms with E-state index in [9.17, 15) is 8.78 Å². The van der Waals surface area contributed by atoms with Crippen molar-refractivity contribution in [1.29, 1.82) is 0 Å². The van der Waals surface area contributed by atoms with Crippen LogP contribution in [0.2, 0.25) is 0 Å². The third kappa shape index (κ3) is 23.2. The largest absolute Gasteiger partial charge is 0.251 e. The van der Waals surface area contributed by atoms with Gasteiger partial charge in [-0.25, -0.2) is 0 Å². The molecule has 0 aromatic carbocycles. The van der Waals surface area contributed by atoms with Crippen LogP contribution < -0.4 is 0 Å². The molecule has 0 amide bonds. The Hall–Kier alpha value is 0.820. The van der Waals surface area contributed by atoms with Gasteiger partial charge in [-0.2, -0.15) is 0 Å². The number of alkyl halides is 4. The predicted octanol–water partition coefficient (Wildman–Crippen LogP) is 3.48. The van der Waals surface area contributed by atoms with Crippen molar-refractivity contribution < 1.29 is 8.78 Å². The zero-order chi connectivity index (χ0) is 8.24. The molecule has 0 radical (unpaired) electrons. The predicted molar refractivity (Wildman–Crippen MR) is 48.8 cm³/mol. The Morgan fingerprint density at radius 3 is 1.10 bits per heavy atom. The lowest BCUT2D eigenvalue weighted by atomic mass is 10.6. The van der Waals surface area contributed by atoms with E-state index in [4.69, 9.17) is 0 Å². The number of hydrogen-bond donors (Lipinski definition) is 0. The van der Waals surface area contributed by atoms with Gasteiger partial charge >= 0.3 is 0 Å². The topological polar surface area (TPSA) is 0 Å². The van der Waals surface area contributed by atoms with Crippen molar-refractivity contribution in [2.45, 2.75) is 12.8 Å². The maximum atomic E-state index is 11.0. The summed E-state index contributed by atoms with van der Waals surface area (Å²) in [6, 6.07) is 0. The van der Waals surface area contributed by atoms with Gasteiger partial charge in [-0.05, 0) is 12.8 Å². The Labute approximate surface area is 77.6 Å². The zero-order valence-corrected chi connectivity index (χ0v) is 8.93. The highest BCUT2D eigenvalue weighted by molar-refractivity contribution is 9.09. The molecule has 0 saturated carbocycles. The van der Waals surface area contributed by atoms with Crippen molar-refractivity contribution in [3.05, 3.63) is 0 Å². The summed E-state index contributed by atoms with van der Waals surface area (Å²) < 4.78 is 21.9. The first-order chi connectivity index (χ1) is 4.83. The van der Waals surface area contributed by atoms with Crippen molar-refractivity contribution in [1.82, 2.24) is 0 Å². The fraction of sp³-hybridized carbons (Fsp3) is 1.00. The van der Waals surface area contributed by atoms with Gasteiger partial charge in [-0.15, -0.1) is 0 Å². The van der Waals surface area contributed by atoms with Crippen LogP contribution in [0.25, 0.3) is 0 Å². The van der Waals surface area contributed by atoms with Crippen LogP contribution in [0.5, 0.6) is 0 Å². The van der Waals surface area contributed by atoms with Gasteiger partial charge in [-0.3, -0.25) is 8.78 Å². The van der Waals surface area contributed by atoms with Crippen molar-refractivity contribution in [2.75, 3.05) is 24.0 Å². The van der Waals surface area contributed by atoms with E-state index >= 15 is 0 Å². The van der Waals surface area contributed by atoms with E-state index in [-0.39, 0.29) is 13.3 Å². The van der Waals surface area contributed by atoms with E-state index in [1.165, 1.54) is 0 Å². The fourth-order valence-electron chi connectivity index (χ4n) is 0.101. The number of rotatable bonds is 4. The van der Waals surface area contributed by atoms with Gasteiger partial charge in [0, 0.05) is 10.7 Å². The maximum absolute atomic E-state index is 11.0. The zero-order valence-electron chi connectivity index (χ0n) is 5.75. The molecule has 0 aliphatic rings. The second-order valence-electron chi connectivity index (χ2n) is 1.46. The van der Waals surface area contributed by atoms with E-state index in [2.05, 4.69) is 31.9 Å². The van der Waals surface area contributed by atoms with Gasteiger partial charge in [0.2, 0.25) is 0 Å². The van der Waals surface area contributed by atoms with Crippen molar-refractivity contribution in [2.24, 2.45) is 0 Å². The number of hydrogen-bond acceptors (Lipinski definition) is 0. The molecule has 10 heavy (non-hydrogen) atoms. The lowest BCUT2D eigenvalue weighted by Gasteiger charge is -1.74. The normalized spacial score (nSPS) is 8.40. The molecular weight excluding hydrogens is 270 g/mol. The standard InChI is InChI=1S/2C3H6BrF/c2*4-2-1-3-5/h2*1-3H2. The Kier molecular flexibility index (Phi) is 22.0. The molecule has 0 saturated heterocycles. The van der Waals surface area contributed by atoms with Gasteiger partial charge in [0.05, 0.1) is 13.3 Å². The Balaban J connectivity index is 0. The quantitative estimate of drug-likeness (QED) is 0.692. The smallest absolute Gasteiger partial charge is 0.0902 e. The summed E-state index contributed by atoms with van der Waals surface area (Å²) in [6.45, 7) is -0.406. The molecule has 0 heterocycles. The van der Waals surface area contributed by atoms with Crippen molar-refractivity contribution in [3.8, 4) is 0 Å². The highest BCUT2D eigenvalue weighted by Crippen LogP contribution is 1.85. The first-order valence-electron chi connectivity index (χ1n) is 3.07. The Morgan fingerprint density at radius 2 is 1.10 bits per heavy atom. The SMILES string of the molecule is FCCCBr.FCCCBr. The van der Waals surface area contributed by atoms with E-state index in [1.807, 2.05) is 0 Å². The maximum Gasteiger partial charge on any atom is 0.0902 e. The van der Waals surface area contributed by atoms with E-state index in [1.54, 1.807) is 0 Å². The van der Waals surface area contributed by atoms with Crippen LogP contribution in [-0.4, -0.2) is 24.0 Å². The molecule has 4 heteroatoms. The molecule has 0 aromatic heterocycles. The highest BCUT2D eigenvalue weighted by Gasteiger charge is 1.73. The third-order valence-corrected chi connectivity index (χ3v) is 1.66.